The Kier molecular flexibility index (Phi) is 6.26. The van der Waals surface area contributed by atoms with Crippen molar-refractivity contribution in [1.29, 1.82) is 0 Å². The molecule has 6 nitrogen and oxygen atoms in total. The molecular formula is C23H22ClN3O3. The molecule has 30 heavy (non-hydrogen) atoms. The minimum absolute atomic E-state index is 0.0158. The fourth-order valence-corrected chi connectivity index (χ4v) is 3.64. The zero-order valence-corrected chi connectivity index (χ0v) is 17.1. The molecule has 2 aliphatic heterocycles. The molecule has 4 rings (SSSR count). The van der Waals surface area contributed by atoms with Gasteiger partial charge in [-0.05, 0) is 66.4 Å². The third-order valence-electron chi connectivity index (χ3n) is 5.08. The number of benzene rings is 1. The summed E-state index contributed by atoms with van der Waals surface area (Å²) in [6.45, 7) is 1.11. The average Bonchev–Trinajstić information content (AvgIpc) is 2.77. The highest BCUT2D eigenvalue weighted by Gasteiger charge is 2.19. The van der Waals surface area contributed by atoms with Gasteiger partial charge >= 0.3 is 0 Å². The molecule has 1 aromatic carbocycles. The molecule has 1 atom stereocenters. The van der Waals surface area contributed by atoms with Crippen molar-refractivity contribution >= 4 is 35.2 Å². The first-order chi connectivity index (χ1) is 14.6. The predicted molar refractivity (Wildman–Crippen MR) is 117 cm³/mol. The molecule has 0 radical (unpaired) electrons. The minimum atomic E-state index is -0.385. The molecule has 1 amide bonds. The van der Waals surface area contributed by atoms with Crippen LogP contribution in [0, 0.1) is 0 Å². The monoisotopic (exact) mass is 423 g/mol. The van der Waals surface area contributed by atoms with Crippen molar-refractivity contribution in [3.63, 3.8) is 0 Å². The number of rotatable bonds is 6. The molecule has 0 fully saturated rings. The summed E-state index contributed by atoms with van der Waals surface area (Å²) in [5.41, 5.74) is 2.88. The summed E-state index contributed by atoms with van der Waals surface area (Å²) in [6, 6.07) is 8.91. The van der Waals surface area contributed by atoms with Gasteiger partial charge in [0.2, 0.25) is 5.91 Å². The number of nitrogens with one attached hydrogen (secondary N) is 2. The summed E-state index contributed by atoms with van der Waals surface area (Å²) in [5.74, 6) is 1.20. The normalized spacial score (nSPS) is 18.5. The maximum Gasteiger partial charge on any atom is 0.225 e. The van der Waals surface area contributed by atoms with Gasteiger partial charge in [-0.2, -0.15) is 0 Å². The number of hydrogen-bond acceptors (Lipinski definition) is 5. The highest BCUT2D eigenvalue weighted by Crippen LogP contribution is 2.24. The summed E-state index contributed by atoms with van der Waals surface area (Å²) in [6.07, 6.45) is 8.84. The van der Waals surface area contributed by atoms with Crippen molar-refractivity contribution in [1.82, 2.24) is 10.3 Å². The van der Waals surface area contributed by atoms with Crippen LogP contribution in [0.2, 0.25) is 5.02 Å². The van der Waals surface area contributed by atoms with E-state index in [2.05, 4.69) is 15.6 Å². The number of aryl methyl sites for hydroxylation is 1. The lowest BCUT2D eigenvalue weighted by Crippen LogP contribution is -2.38. The Labute approximate surface area is 180 Å². The van der Waals surface area contributed by atoms with E-state index >= 15 is 0 Å². The van der Waals surface area contributed by atoms with Crippen molar-refractivity contribution in [2.75, 3.05) is 18.5 Å². The van der Waals surface area contributed by atoms with Crippen molar-refractivity contribution in [3.8, 4) is 5.75 Å². The summed E-state index contributed by atoms with van der Waals surface area (Å²) in [7, 11) is 0. The molecular weight excluding hydrogens is 402 g/mol. The van der Waals surface area contributed by atoms with Gasteiger partial charge in [-0.15, -0.1) is 0 Å². The molecule has 2 aliphatic rings. The Morgan fingerprint density at radius 2 is 2.13 bits per heavy atom. The number of pyridine rings is 1. The van der Waals surface area contributed by atoms with Gasteiger partial charge in [0.25, 0.3) is 0 Å². The first-order valence-electron chi connectivity index (χ1n) is 9.89. The molecule has 0 spiro atoms. The number of anilines is 1. The number of hydrogen-bond donors (Lipinski definition) is 2. The molecule has 0 saturated heterocycles. The van der Waals surface area contributed by atoms with Crippen LogP contribution < -0.4 is 15.4 Å². The zero-order chi connectivity index (χ0) is 20.9. The highest BCUT2D eigenvalue weighted by molar-refractivity contribution is 6.32. The number of amides is 1. The second kappa shape index (κ2) is 9.24. The van der Waals surface area contributed by atoms with Gasteiger partial charge in [0.05, 0.1) is 11.1 Å². The van der Waals surface area contributed by atoms with E-state index in [-0.39, 0.29) is 17.7 Å². The van der Waals surface area contributed by atoms with E-state index in [1.807, 2.05) is 30.3 Å². The van der Waals surface area contributed by atoms with Crippen molar-refractivity contribution in [2.45, 2.75) is 25.3 Å². The van der Waals surface area contributed by atoms with Crippen molar-refractivity contribution in [3.05, 3.63) is 70.4 Å². The van der Waals surface area contributed by atoms with Gasteiger partial charge in [0.1, 0.15) is 18.2 Å². The van der Waals surface area contributed by atoms with Gasteiger partial charge in [-0.25, -0.2) is 4.98 Å². The topological polar surface area (TPSA) is 80.3 Å². The van der Waals surface area contributed by atoms with E-state index < -0.39 is 0 Å². The SMILES string of the molecule is O=C1CCc2cc(/C=C/C(=O)C3C=C(COc4ccccc4Cl)CCN3)cnc2N1. The van der Waals surface area contributed by atoms with Crippen LogP contribution in [-0.4, -0.2) is 35.9 Å². The van der Waals surface area contributed by atoms with Crippen LogP contribution in [0.3, 0.4) is 0 Å². The number of carbonyl (C=O) groups excluding carboxylic acids is 2. The molecule has 3 heterocycles. The highest BCUT2D eigenvalue weighted by atomic mass is 35.5. The van der Waals surface area contributed by atoms with Gasteiger partial charge in [0.15, 0.2) is 5.78 Å². The van der Waals surface area contributed by atoms with Crippen LogP contribution in [0.15, 0.2) is 54.3 Å². The molecule has 0 aliphatic carbocycles. The quantitative estimate of drug-likeness (QED) is 0.548. The lowest BCUT2D eigenvalue weighted by atomic mass is 10.0. The molecule has 1 aromatic heterocycles. The second-order valence-corrected chi connectivity index (χ2v) is 7.69. The smallest absolute Gasteiger partial charge is 0.225 e. The van der Waals surface area contributed by atoms with E-state index in [0.717, 1.165) is 23.1 Å². The van der Waals surface area contributed by atoms with Crippen LogP contribution in [0.4, 0.5) is 5.82 Å². The van der Waals surface area contributed by atoms with Crippen LogP contribution in [0.5, 0.6) is 5.75 Å². The van der Waals surface area contributed by atoms with Crippen LogP contribution in [-0.2, 0) is 16.0 Å². The first kappa shape index (κ1) is 20.3. The molecule has 154 valence electrons. The van der Waals surface area contributed by atoms with Crippen LogP contribution >= 0.6 is 11.6 Å². The maximum atomic E-state index is 12.6. The Morgan fingerprint density at radius 1 is 1.27 bits per heavy atom. The fourth-order valence-electron chi connectivity index (χ4n) is 3.45. The van der Waals surface area contributed by atoms with E-state index in [1.54, 1.807) is 24.4 Å². The van der Waals surface area contributed by atoms with Gasteiger partial charge < -0.3 is 15.4 Å². The van der Waals surface area contributed by atoms with Crippen LogP contribution in [0.25, 0.3) is 6.08 Å². The Morgan fingerprint density at radius 3 is 3.00 bits per heavy atom. The minimum Gasteiger partial charge on any atom is -0.488 e. The summed E-state index contributed by atoms with van der Waals surface area (Å²) < 4.78 is 5.80. The van der Waals surface area contributed by atoms with E-state index in [1.165, 1.54) is 0 Å². The summed E-state index contributed by atoms with van der Waals surface area (Å²) >= 11 is 6.13. The Bertz CT molecular complexity index is 1030. The molecule has 0 saturated carbocycles. The number of fused-ring (bicyclic) bond motifs is 1. The third-order valence-corrected chi connectivity index (χ3v) is 5.39. The predicted octanol–water partition coefficient (Wildman–Crippen LogP) is 3.57. The summed E-state index contributed by atoms with van der Waals surface area (Å²) in [5, 5.41) is 6.55. The second-order valence-electron chi connectivity index (χ2n) is 7.29. The average molecular weight is 424 g/mol. The zero-order valence-electron chi connectivity index (χ0n) is 16.4. The van der Waals surface area contributed by atoms with Crippen molar-refractivity contribution < 1.29 is 14.3 Å². The molecule has 1 unspecified atom stereocenters. The number of carbonyl (C=O) groups is 2. The van der Waals surface area contributed by atoms with E-state index in [4.69, 9.17) is 16.3 Å². The number of ether oxygens (including phenoxy) is 1. The summed E-state index contributed by atoms with van der Waals surface area (Å²) in [4.78, 5) is 28.4. The lowest BCUT2D eigenvalue weighted by molar-refractivity contribution is -0.116. The van der Waals surface area contributed by atoms with Crippen molar-refractivity contribution in [2.24, 2.45) is 0 Å². The van der Waals surface area contributed by atoms with Crippen LogP contribution in [0.1, 0.15) is 24.0 Å². The standard InChI is InChI=1S/C23H22ClN3O3/c24-18-3-1-2-4-21(18)30-14-16-9-10-25-19(12-16)20(28)7-5-15-11-17-6-8-22(29)27-23(17)26-13-15/h1-5,7,11-13,19,25H,6,8-10,14H2,(H,26,27,29)/b7-5+. The van der Waals surface area contributed by atoms with Gasteiger partial charge in [-0.1, -0.05) is 29.8 Å². The number of halogens is 1. The Hall–Kier alpha value is -2.96. The third kappa shape index (κ3) is 4.96. The van der Waals surface area contributed by atoms with E-state index in [9.17, 15) is 9.59 Å². The number of aromatic nitrogens is 1. The lowest BCUT2D eigenvalue weighted by Gasteiger charge is -2.21. The van der Waals surface area contributed by atoms with E-state index in [0.29, 0.717) is 42.6 Å². The largest absolute Gasteiger partial charge is 0.488 e. The molecule has 0 bridgehead atoms. The van der Waals surface area contributed by atoms with Gasteiger partial charge in [-0.3, -0.25) is 9.59 Å². The maximum absolute atomic E-state index is 12.6. The first-order valence-corrected chi connectivity index (χ1v) is 10.3. The van der Waals surface area contributed by atoms with Gasteiger partial charge in [0, 0.05) is 12.6 Å². The number of ketones is 1. The number of para-hydroxylation sites is 1. The molecule has 7 heteroatoms. The molecule has 2 N–H and O–H groups in total. The Balaban J connectivity index is 1.38. The number of nitrogens with zero attached hydrogens (tertiary/aromatic N) is 1. The molecule has 2 aromatic rings. The fraction of sp³-hybridized carbons (Fsp3) is 0.261.